The maximum Gasteiger partial charge on any atom is 0.472 e. The predicted octanol–water partition coefficient (Wildman–Crippen LogP) is 12.5. The summed E-state index contributed by atoms with van der Waals surface area (Å²) in [5.74, 6) is -0.864. The molecule has 0 aromatic heterocycles. The van der Waals surface area contributed by atoms with Gasteiger partial charge in [-0.3, -0.25) is 18.6 Å². The van der Waals surface area contributed by atoms with Gasteiger partial charge in [0.1, 0.15) is 6.61 Å². The second kappa shape index (κ2) is 41.3. The summed E-state index contributed by atoms with van der Waals surface area (Å²) in [7, 11) is -4.39. The summed E-state index contributed by atoms with van der Waals surface area (Å²) in [4.78, 5) is 34.8. The lowest BCUT2D eigenvalue weighted by atomic mass is 10.1. The van der Waals surface area contributed by atoms with E-state index < -0.39 is 32.5 Å². The average Bonchev–Trinajstić information content (AvgIpc) is 3.17. The van der Waals surface area contributed by atoms with Gasteiger partial charge in [-0.05, 0) is 77.0 Å². The van der Waals surface area contributed by atoms with Crippen molar-refractivity contribution in [3.8, 4) is 0 Å². The monoisotopic (exact) mass is 794 g/mol. The van der Waals surface area contributed by atoms with E-state index in [2.05, 4.69) is 74.6 Å². The molecule has 10 heteroatoms. The minimum atomic E-state index is -4.39. The van der Waals surface area contributed by atoms with Gasteiger partial charge < -0.3 is 20.1 Å². The first kappa shape index (κ1) is 52.7. The van der Waals surface area contributed by atoms with Gasteiger partial charge in [0, 0.05) is 19.4 Å². The third kappa shape index (κ3) is 41.2. The zero-order valence-electron chi connectivity index (χ0n) is 34.9. The molecule has 0 spiro atoms. The SMILES string of the molecule is CCC/C=C\C/C=C\CCCCCCCC(=O)OCC(COP(=O)(O)OCCN)OC(=O)CCCCCCCC/C=C\C/C=C\C/C=C\CCCCCCC. The largest absolute Gasteiger partial charge is 0.472 e. The van der Waals surface area contributed by atoms with Crippen molar-refractivity contribution in [2.45, 2.75) is 187 Å². The molecule has 2 unspecified atom stereocenters. The number of phosphoric ester groups is 1. The Hall–Kier alpha value is -2.29. The van der Waals surface area contributed by atoms with Crippen LogP contribution in [0.25, 0.3) is 0 Å². The fourth-order valence-corrected chi connectivity index (χ4v) is 6.38. The van der Waals surface area contributed by atoms with E-state index in [4.69, 9.17) is 24.3 Å². The minimum Gasteiger partial charge on any atom is -0.462 e. The first-order valence-electron chi connectivity index (χ1n) is 21.8. The van der Waals surface area contributed by atoms with Gasteiger partial charge in [0.15, 0.2) is 6.10 Å². The Bertz CT molecular complexity index is 1090. The number of unbranched alkanes of at least 4 members (excludes halogenated alkanes) is 17. The van der Waals surface area contributed by atoms with Crippen LogP contribution in [0.15, 0.2) is 60.8 Å². The fraction of sp³-hybridized carbons (Fsp3) is 0.733. The molecular weight excluding hydrogens is 713 g/mol. The lowest BCUT2D eigenvalue weighted by molar-refractivity contribution is -0.161. The Labute approximate surface area is 336 Å². The van der Waals surface area contributed by atoms with E-state index in [-0.39, 0.29) is 32.6 Å². The van der Waals surface area contributed by atoms with Crippen molar-refractivity contribution in [2.24, 2.45) is 5.73 Å². The summed E-state index contributed by atoms with van der Waals surface area (Å²) < 4.78 is 32.7. The van der Waals surface area contributed by atoms with E-state index in [9.17, 15) is 19.0 Å². The van der Waals surface area contributed by atoms with Crippen LogP contribution in [0.3, 0.4) is 0 Å². The van der Waals surface area contributed by atoms with Crippen LogP contribution in [-0.4, -0.2) is 49.3 Å². The van der Waals surface area contributed by atoms with E-state index in [0.29, 0.717) is 12.8 Å². The van der Waals surface area contributed by atoms with Crippen LogP contribution in [0.2, 0.25) is 0 Å². The van der Waals surface area contributed by atoms with Gasteiger partial charge in [-0.1, -0.05) is 152 Å². The Kier molecular flexibility index (Phi) is 39.6. The Morgan fingerprint density at radius 3 is 1.47 bits per heavy atom. The number of carbonyl (C=O) groups excluding carboxylic acids is 2. The molecule has 0 saturated carbocycles. The molecule has 0 fully saturated rings. The highest BCUT2D eigenvalue weighted by atomic mass is 31.2. The Balaban J connectivity index is 4.19. The van der Waals surface area contributed by atoms with Crippen LogP contribution in [0, 0.1) is 0 Å². The molecule has 0 bridgehead atoms. The van der Waals surface area contributed by atoms with Crippen molar-refractivity contribution >= 4 is 19.8 Å². The summed E-state index contributed by atoms with van der Waals surface area (Å²) in [6, 6.07) is 0. The number of hydrogen-bond acceptors (Lipinski definition) is 8. The number of hydrogen-bond donors (Lipinski definition) is 2. The smallest absolute Gasteiger partial charge is 0.462 e. The standard InChI is InChI=1S/C45H80NO8P/c1-3-5-7-9-11-13-15-17-18-19-20-21-22-23-24-26-28-30-32-34-36-38-45(48)54-43(42-53-55(49,50)52-40-39-46)41-51-44(47)37-35-33-31-29-27-25-16-14-12-10-8-6-4-2/h8,10,14-17,19-20,22-23,43H,3-7,9,11-13,18,21,24-42,46H2,1-2H3,(H,49,50)/b10-8-,16-14-,17-15-,20-19-,23-22-. The molecule has 0 radical (unpaired) electrons. The van der Waals surface area contributed by atoms with Crippen molar-refractivity contribution in [3.63, 3.8) is 0 Å². The number of phosphoric acid groups is 1. The quantitative estimate of drug-likeness (QED) is 0.0269. The van der Waals surface area contributed by atoms with Crippen LogP contribution in [0.4, 0.5) is 0 Å². The topological polar surface area (TPSA) is 134 Å². The van der Waals surface area contributed by atoms with Gasteiger partial charge in [0.05, 0.1) is 13.2 Å². The minimum absolute atomic E-state index is 0.0463. The predicted molar refractivity (Wildman–Crippen MR) is 229 cm³/mol. The van der Waals surface area contributed by atoms with Gasteiger partial charge in [-0.2, -0.15) is 0 Å². The van der Waals surface area contributed by atoms with Crippen LogP contribution >= 0.6 is 7.82 Å². The molecule has 0 aromatic rings. The van der Waals surface area contributed by atoms with E-state index >= 15 is 0 Å². The van der Waals surface area contributed by atoms with Crippen molar-refractivity contribution in [1.29, 1.82) is 0 Å². The van der Waals surface area contributed by atoms with E-state index in [1.165, 1.54) is 44.9 Å². The van der Waals surface area contributed by atoms with Gasteiger partial charge >= 0.3 is 19.8 Å². The second-order valence-electron chi connectivity index (χ2n) is 14.2. The molecule has 0 aliphatic carbocycles. The van der Waals surface area contributed by atoms with E-state index in [0.717, 1.165) is 96.3 Å². The second-order valence-corrected chi connectivity index (χ2v) is 15.7. The summed E-state index contributed by atoms with van der Waals surface area (Å²) in [5, 5.41) is 0. The number of carbonyl (C=O) groups is 2. The first-order chi connectivity index (χ1) is 26.8. The third-order valence-electron chi connectivity index (χ3n) is 8.86. The molecule has 0 rings (SSSR count). The molecule has 55 heavy (non-hydrogen) atoms. The van der Waals surface area contributed by atoms with Crippen LogP contribution in [-0.2, 0) is 32.7 Å². The van der Waals surface area contributed by atoms with E-state index in [1.807, 2.05) is 0 Å². The number of allylic oxidation sites excluding steroid dienone is 10. The Morgan fingerprint density at radius 1 is 0.545 bits per heavy atom. The van der Waals surface area contributed by atoms with Crippen molar-refractivity contribution < 1.29 is 37.6 Å². The molecule has 318 valence electrons. The maximum atomic E-state index is 12.6. The van der Waals surface area contributed by atoms with Gasteiger partial charge in [-0.15, -0.1) is 0 Å². The highest BCUT2D eigenvalue weighted by Crippen LogP contribution is 2.43. The fourth-order valence-electron chi connectivity index (χ4n) is 5.62. The van der Waals surface area contributed by atoms with Crippen LogP contribution in [0.1, 0.15) is 181 Å². The summed E-state index contributed by atoms with van der Waals surface area (Å²) in [5.41, 5.74) is 5.34. The van der Waals surface area contributed by atoms with Gasteiger partial charge in [0.2, 0.25) is 0 Å². The highest BCUT2D eigenvalue weighted by Gasteiger charge is 2.26. The van der Waals surface area contributed by atoms with E-state index in [1.54, 1.807) is 0 Å². The zero-order valence-corrected chi connectivity index (χ0v) is 35.8. The third-order valence-corrected chi connectivity index (χ3v) is 9.84. The van der Waals surface area contributed by atoms with Crippen molar-refractivity contribution in [2.75, 3.05) is 26.4 Å². The number of ether oxygens (including phenoxy) is 2. The molecule has 0 heterocycles. The summed E-state index contributed by atoms with van der Waals surface area (Å²) >= 11 is 0. The zero-order chi connectivity index (χ0) is 40.3. The molecule has 2 atom stereocenters. The number of esters is 2. The van der Waals surface area contributed by atoms with Crippen LogP contribution < -0.4 is 5.73 Å². The van der Waals surface area contributed by atoms with Crippen molar-refractivity contribution in [1.82, 2.24) is 0 Å². The molecular formula is C45H80NO8P. The molecule has 9 nitrogen and oxygen atoms in total. The average molecular weight is 794 g/mol. The Morgan fingerprint density at radius 2 is 0.982 bits per heavy atom. The number of nitrogens with two attached hydrogens (primary N) is 1. The molecule has 0 aromatic carbocycles. The maximum absolute atomic E-state index is 12.6. The lowest BCUT2D eigenvalue weighted by Gasteiger charge is -2.19. The van der Waals surface area contributed by atoms with Gasteiger partial charge in [0.25, 0.3) is 0 Å². The van der Waals surface area contributed by atoms with Gasteiger partial charge in [-0.25, -0.2) is 4.57 Å². The summed E-state index contributed by atoms with van der Waals surface area (Å²) in [6.07, 6.45) is 48.2. The summed E-state index contributed by atoms with van der Waals surface area (Å²) in [6.45, 7) is 3.61. The molecule has 0 aliphatic heterocycles. The number of rotatable bonds is 40. The van der Waals surface area contributed by atoms with Crippen molar-refractivity contribution in [3.05, 3.63) is 60.8 Å². The lowest BCUT2D eigenvalue weighted by Crippen LogP contribution is -2.29. The highest BCUT2D eigenvalue weighted by molar-refractivity contribution is 7.47. The first-order valence-corrected chi connectivity index (χ1v) is 23.3. The molecule has 0 aliphatic rings. The van der Waals surface area contributed by atoms with Crippen LogP contribution in [0.5, 0.6) is 0 Å². The molecule has 0 saturated heterocycles. The molecule has 0 amide bonds. The normalized spacial score (nSPS) is 13.9. The molecule has 3 N–H and O–H groups in total.